The zero-order chi connectivity index (χ0) is 10.9. The van der Waals surface area contributed by atoms with E-state index in [0.717, 1.165) is 12.8 Å². The van der Waals surface area contributed by atoms with E-state index in [9.17, 15) is 9.59 Å². The summed E-state index contributed by atoms with van der Waals surface area (Å²) in [6, 6.07) is 0. The summed E-state index contributed by atoms with van der Waals surface area (Å²) < 4.78 is 5.12. The number of amides is 1. The lowest BCUT2D eigenvalue weighted by Crippen LogP contribution is -2.57. The van der Waals surface area contributed by atoms with E-state index in [0.29, 0.717) is 26.1 Å². The molecule has 0 bridgehead atoms. The number of rotatable bonds is 3. The fourth-order valence-electron chi connectivity index (χ4n) is 1.80. The summed E-state index contributed by atoms with van der Waals surface area (Å²) in [5.74, 6) is -1.01. The Balaban J connectivity index is 2.03. The Morgan fingerprint density at radius 2 is 1.87 bits per heavy atom. The largest absolute Gasteiger partial charge is 0.480 e. The van der Waals surface area contributed by atoms with Crippen molar-refractivity contribution in [2.24, 2.45) is 5.92 Å². The van der Waals surface area contributed by atoms with Crippen molar-refractivity contribution >= 4 is 11.9 Å². The summed E-state index contributed by atoms with van der Waals surface area (Å²) in [5.41, 5.74) is -1.09. The predicted octanol–water partition coefficient (Wildman–Crippen LogP) is 0.146. The van der Waals surface area contributed by atoms with Gasteiger partial charge in [0.15, 0.2) is 0 Å². The van der Waals surface area contributed by atoms with Gasteiger partial charge in [0.05, 0.1) is 0 Å². The van der Waals surface area contributed by atoms with Gasteiger partial charge >= 0.3 is 5.97 Å². The number of nitrogens with one attached hydrogen (secondary N) is 1. The molecule has 0 aromatic carbocycles. The Bertz CT molecular complexity index is 279. The Morgan fingerprint density at radius 3 is 2.33 bits per heavy atom. The van der Waals surface area contributed by atoms with Gasteiger partial charge < -0.3 is 15.2 Å². The average molecular weight is 213 g/mol. The molecule has 1 heterocycles. The van der Waals surface area contributed by atoms with Crippen LogP contribution >= 0.6 is 0 Å². The van der Waals surface area contributed by atoms with E-state index in [2.05, 4.69) is 5.32 Å². The van der Waals surface area contributed by atoms with Crippen molar-refractivity contribution in [3.8, 4) is 0 Å². The van der Waals surface area contributed by atoms with Crippen LogP contribution in [-0.2, 0) is 14.3 Å². The van der Waals surface area contributed by atoms with Crippen molar-refractivity contribution < 1.29 is 19.4 Å². The molecule has 0 aromatic rings. The molecule has 0 aromatic heterocycles. The molecule has 1 aliphatic carbocycles. The highest BCUT2D eigenvalue weighted by atomic mass is 16.5. The molecule has 1 amide bonds. The topological polar surface area (TPSA) is 75.6 Å². The van der Waals surface area contributed by atoms with Crippen molar-refractivity contribution in [3.63, 3.8) is 0 Å². The summed E-state index contributed by atoms with van der Waals surface area (Å²) in [6.45, 7) is 0.800. The highest BCUT2D eigenvalue weighted by molar-refractivity contribution is 5.89. The van der Waals surface area contributed by atoms with Crippen molar-refractivity contribution in [3.05, 3.63) is 0 Å². The van der Waals surface area contributed by atoms with Crippen LogP contribution in [0.15, 0.2) is 0 Å². The van der Waals surface area contributed by atoms with Crippen LogP contribution in [0.4, 0.5) is 0 Å². The van der Waals surface area contributed by atoms with Crippen LogP contribution in [-0.4, -0.2) is 35.7 Å². The number of ether oxygens (including phenoxy) is 1. The first-order valence-corrected chi connectivity index (χ1v) is 5.27. The van der Waals surface area contributed by atoms with Crippen molar-refractivity contribution in [2.45, 2.75) is 31.2 Å². The van der Waals surface area contributed by atoms with Gasteiger partial charge in [-0.1, -0.05) is 0 Å². The second-order valence-electron chi connectivity index (χ2n) is 4.26. The normalized spacial score (nSPS) is 24.5. The van der Waals surface area contributed by atoms with Gasteiger partial charge in [-0.15, -0.1) is 0 Å². The van der Waals surface area contributed by atoms with E-state index >= 15 is 0 Å². The van der Waals surface area contributed by atoms with E-state index in [1.165, 1.54) is 0 Å². The van der Waals surface area contributed by atoms with Gasteiger partial charge in [0.2, 0.25) is 5.91 Å². The summed E-state index contributed by atoms with van der Waals surface area (Å²) in [5, 5.41) is 11.8. The highest BCUT2D eigenvalue weighted by Crippen LogP contribution is 2.31. The molecule has 15 heavy (non-hydrogen) atoms. The summed E-state index contributed by atoms with van der Waals surface area (Å²) in [4.78, 5) is 22.8. The second-order valence-corrected chi connectivity index (χ2v) is 4.26. The minimum absolute atomic E-state index is 0.0454. The molecule has 0 atom stereocenters. The minimum Gasteiger partial charge on any atom is -0.480 e. The minimum atomic E-state index is -1.09. The standard InChI is InChI=1S/C10H15NO4/c12-8(7-1-2-7)11-10(9(13)14)3-5-15-6-4-10/h7H,1-6H2,(H,11,12)(H,13,14). The van der Waals surface area contributed by atoms with Crippen LogP contribution in [0.25, 0.3) is 0 Å². The fourth-order valence-corrected chi connectivity index (χ4v) is 1.80. The van der Waals surface area contributed by atoms with Crippen LogP contribution in [0.1, 0.15) is 25.7 Å². The monoisotopic (exact) mass is 213 g/mol. The van der Waals surface area contributed by atoms with Gasteiger partial charge in [-0.2, -0.15) is 0 Å². The number of carboxylic acid groups (broad SMARTS) is 1. The molecular formula is C10H15NO4. The van der Waals surface area contributed by atoms with E-state index in [1.807, 2.05) is 0 Å². The van der Waals surface area contributed by atoms with E-state index < -0.39 is 11.5 Å². The first kappa shape index (κ1) is 10.4. The van der Waals surface area contributed by atoms with Crippen LogP contribution < -0.4 is 5.32 Å². The van der Waals surface area contributed by atoms with Gasteiger partial charge in [0.1, 0.15) is 5.54 Å². The van der Waals surface area contributed by atoms with Crippen molar-refractivity contribution in [1.29, 1.82) is 0 Å². The summed E-state index contributed by atoms with van der Waals surface area (Å²) >= 11 is 0. The molecule has 2 aliphatic rings. The van der Waals surface area contributed by atoms with Crippen LogP contribution in [0.2, 0.25) is 0 Å². The number of hydrogen-bond acceptors (Lipinski definition) is 3. The van der Waals surface area contributed by atoms with Crippen LogP contribution in [0.3, 0.4) is 0 Å². The van der Waals surface area contributed by atoms with Gasteiger partial charge in [-0.25, -0.2) is 4.79 Å². The lowest BCUT2D eigenvalue weighted by molar-refractivity contribution is -0.152. The molecular weight excluding hydrogens is 198 g/mol. The maximum Gasteiger partial charge on any atom is 0.329 e. The molecule has 5 heteroatoms. The molecule has 84 valence electrons. The Morgan fingerprint density at radius 1 is 1.27 bits per heavy atom. The average Bonchev–Trinajstić information content (AvgIpc) is 3.02. The number of aliphatic carboxylic acids is 1. The molecule has 1 saturated heterocycles. The molecule has 1 saturated carbocycles. The lowest BCUT2D eigenvalue weighted by atomic mass is 9.90. The Kier molecular flexibility index (Phi) is 2.65. The van der Waals surface area contributed by atoms with Crippen molar-refractivity contribution in [1.82, 2.24) is 5.32 Å². The van der Waals surface area contributed by atoms with Gasteiger partial charge in [0, 0.05) is 32.0 Å². The molecule has 5 nitrogen and oxygen atoms in total. The molecule has 2 N–H and O–H groups in total. The first-order chi connectivity index (χ1) is 7.14. The summed E-state index contributed by atoms with van der Waals surface area (Å²) in [7, 11) is 0. The zero-order valence-electron chi connectivity index (χ0n) is 8.49. The number of carboxylic acids is 1. The molecule has 0 unspecified atom stereocenters. The summed E-state index contributed by atoms with van der Waals surface area (Å²) in [6.07, 6.45) is 2.50. The molecule has 0 spiro atoms. The second kappa shape index (κ2) is 3.81. The predicted molar refractivity (Wildman–Crippen MR) is 51.3 cm³/mol. The third-order valence-corrected chi connectivity index (χ3v) is 3.07. The van der Waals surface area contributed by atoms with Gasteiger partial charge in [0.25, 0.3) is 0 Å². The lowest BCUT2D eigenvalue weighted by Gasteiger charge is -2.33. The quantitative estimate of drug-likeness (QED) is 0.699. The van der Waals surface area contributed by atoms with E-state index in [4.69, 9.17) is 9.84 Å². The number of carbonyl (C=O) groups excluding carboxylic acids is 1. The zero-order valence-corrected chi connectivity index (χ0v) is 8.49. The number of carbonyl (C=O) groups is 2. The first-order valence-electron chi connectivity index (χ1n) is 5.27. The van der Waals surface area contributed by atoms with Crippen LogP contribution in [0, 0.1) is 5.92 Å². The highest BCUT2D eigenvalue weighted by Gasteiger charge is 2.44. The van der Waals surface area contributed by atoms with Gasteiger partial charge in [-0.05, 0) is 12.8 Å². The van der Waals surface area contributed by atoms with E-state index in [-0.39, 0.29) is 11.8 Å². The smallest absolute Gasteiger partial charge is 0.329 e. The molecule has 2 rings (SSSR count). The number of hydrogen-bond donors (Lipinski definition) is 2. The third kappa shape index (κ3) is 2.12. The van der Waals surface area contributed by atoms with Crippen molar-refractivity contribution in [2.75, 3.05) is 13.2 Å². The van der Waals surface area contributed by atoms with E-state index in [1.54, 1.807) is 0 Å². The maximum absolute atomic E-state index is 11.6. The molecule has 2 fully saturated rings. The fraction of sp³-hybridized carbons (Fsp3) is 0.800. The third-order valence-electron chi connectivity index (χ3n) is 3.07. The maximum atomic E-state index is 11.6. The molecule has 0 radical (unpaired) electrons. The van der Waals surface area contributed by atoms with Gasteiger partial charge in [-0.3, -0.25) is 4.79 Å². The Hall–Kier alpha value is -1.10. The SMILES string of the molecule is O=C(NC1(C(=O)O)CCOCC1)C1CC1. The Labute approximate surface area is 87.8 Å². The molecule has 1 aliphatic heterocycles. The van der Waals surface area contributed by atoms with Crippen LogP contribution in [0.5, 0.6) is 0 Å².